The van der Waals surface area contributed by atoms with Crippen LogP contribution in [-0.4, -0.2) is 17.4 Å². The third-order valence-electron chi connectivity index (χ3n) is 2.66. The van der Waals surface area contributed by atoms with Crippen molar-refractivity contribution in [3.05, 3.63) is 22.9 Å². The fourth-order valence-electron chi connectivity index (χ4n) is 1.87. The van der Waals surface area contributed by atoms with Crippen molar-refractivity contribution in [2.45, 2.75) is 26.7 Å². The summed E-state index contributed by atoms with van der Waals surface area (Å²) >= 11 is 3.35. The van der Waals surface area contributed by atoms with Crippen LogP contribution in [0.15, 0.2) is 22.9 Å². The molecule has 0 unspecified atom stereocenters. The topological polar surface area (TPSA) is 68.0 Å². The van der Waals surface area contributed by atoms with E-state index in [0.717, 1.165) is 16.6 Å². The summed E-state index contributed by atoms with van der Waals surface area (Å²) in [7, 11) is 0. The van der Waals surface area contributed by atoms with E-state index in [1.807, 2.05) is 0 Å². The Morgan fingerprint density at radius 1 is 1.56 bits per heavy atom. The van der Waals surface area contributed by atoms with Gasteiger partial charge in [-0.05, 0) is 46.8 Å². The molecule has 0 aliphatic rings. The average Bonchev–Trinajstić information content (AvgIpc) is 2.30. The maximum absolute atomic E-state index is 11.9. The molecular weight excluding hydrogens is 294 g/mol. The molecule has 0 aromatic carbocycles. The summed E-state index contributed by atoms with van der Waals surface area (Å²) in [5, 5.41) is 2.87. The molecule has 0 fully saturated rings. The van der Waals surface area contributed by atoms with Crippen molar-refractivity contribution in [3.8, 4) is 0 Å². The van der Waals surface area contributed by atoms with Crippen LogP contribution in [0.4, 0.5) is 5.69 Å². The molecule has 5 heteroatoms. The quantitative estimate of drug-likeness (QED) is 0.848. The summed E-state index contributed by atoms with van der Waals surface area (Å²) in [6, 6.07) is 1.77. The van der Waals surface area contributed by atoms with Crippen LogP contribution in [0, 0.1) is 11.8 Å². The Morgan fingerprint density at radius 2 is 2.28 bits per heavy atom. The number of halogens is 1. The van der Waals surface area contributed by atoms with Crippen molar-refractivity contribution in [2.24, 2.45) is 17.6 Å². The van der Waals surface area contributed by atoms with Crippen LogP contribution >= 0.6 is 15.9 Å². The maximum atomic E-state index is 11.9. The molecule has 1 rings (SSSR count). The predicted octanol–water partition coefficient (Wildman–Crippen LogP) is 2.79. The molecule has 0 bridgehead atoms. The third kappa shape index (κ3) is 5.14. The van der Waals surface area contributed by atoms with Gasteiger partial charge in [0.25, 0.3) is 0 Å². The lowest BCUT2D eigenvalue weighted by molar-refractivity contribution is -0.117. The Labute approximate surface area is 116 Å². The molecule has 1 aromatic rings. The van der Waals surface area contributed by atoms with E-state index in [4.69, 9.17) is 5.73 Å². The van der Waals surface area contributed by atoms with Crippen LogP contribution < -0.4 is 11.1 Å². The van der Waals surface area contributed by atoms with Crippen molar-refractivity contribution in [1.29, 1.82) is 0 Å². The molecule has 100 valence electrons. The molecule has 0 spiro atoms. The van der Waals surface area contributed by atoms with Crippen molar-refractivity contribution >= 4 is 27.5 Å². The van der Waals surface area contributed by atoms with Gasteiger partial charge in [0.05, 0.1) is 10.2 Å². The SMILES string of the molecule is CC(C)C[C@H](CN)CC(=O)Nc1ccncc1Br. The fourth-order valence-corrected chi connectivity index (χ4v) is 2.22. The van der Waals surface area contributed by atoms with Gasteiger partial charge in [0.2, 0.25) is 5.91 Å². The van der Waals surface area contributed by atoms with Crippen LogP contribution in [0.3, 0.4) is 0 Å². The van der Waals surface area contributed by atoms with E-state index in [-0.39, 0.29) is 11.8 Å². The number of hydrogen-bond acceptors (Lipinski definition) is 3. The normalized spacial score (nSPS) is 12.5. The van der Waals surface area contributed by atoms with E-state index in [0.29, 0.717) is 18.9 Å². The van der Waals surface area contributed by atoms with Gasteiger partial charge in [0.1, 0.15) is 0 Å². The number of anilines is 1. The predicted molar refractivity (Wildman–Crippen MR) is 77.2 cm³/mol. The summed E-state index contributed by atoms with van der Waals surface area (Å²) in [6.45, 7) is 4.82. The first kappa shape index (κ1) is 15.1. The van der Waals surface area contributed by atoms with E-state index in [1.54, 1.807) is 18.5 Å². The third-order valence-corrected chi connectivity index (χ3v) is 3.29. The van der Waals surface area contributed by atoms with E-state index in [9.17, 15) is 4.79 Å². The number of rotatable bonds is 6. The van der Waals surface area contributed by atoms with Crippen LogP contribution in [0.2, 0.25) is 0 Å². The van der Waals surface area contributed by atoms with Crippen LogP contribution in [0.1, 0.15) is 26.7 Å². The molecule has 0 saturated heterocycles. The summed E-state index contributed by atoms with van der Waals surface area (Å²) in [5.74, 6) is 0.794. The molecule has 0 aliphatic heterocycles. The van der Waals surface area contributed by atoms with Gasteiger partial charge >= 0.3 is 0 Å². The Kier molecular flexibility index (Phi) is 6.29. The molecule has 18 heavy (non-hydrogen) atoms. The summed E-state index contributed by atoms with van der Waals surface area (Å²) in [6.07, 6.45) is 4.74. The Balaban J connectivity index is 2.53. The molecule has 1 heterocycles. The molecule has 1 amide bonds. The van der Waals surface area contributed by atoms with E-state index in [2.05, 4.69) is 40.1 Å². The smallest absolute Gasteiger partial charge is 0.224 e. The largest absolute Gasteiger partial charge is 0.330 e. The highest BCUT2D eigenvalue weighted by atomic mass is 79.9. The highest BCUT2D eigenvalue weighted by Gasteiger charge is 2.14. The minimum absolute atomic E-state index is 0.00185. The minimum atomic E-state index is -0.00185. The number of carbonyl (C=O) groups excluding carboxylic acids is 1. The number of amides is 1. The number of nitrogens with two attached hydrogens (primary N) is 1. The molecule has 1 aromatic heterocycles. The maximum Gasteiger partial charge on any atom is 0.224 e. The first-order valence-electron chi connectivity index (χ1n) is 6.12. The molecule has 4 nitrogen and oxygen atoms in total. The van der Waals surface area contributed by atoms with E-state index >= 15 is 0 Å². The van der Waals surface area contributed by atoms with Gasteiger partial charge in [-0.15, -0.1) is 0 Å². The zero-order valence-electron chi connectivity index (χ0n) is 10.8. The van der Waals surface area contributed by atoms with Gasteiger partial charge in [-0.3, -0.25) is 9.78 Å². The van der Waals surface area contributed by atoms with Crippen molar-refractivity contribution in [2.75, 3.05) is 11.9 Å². The molecule has 1 atom stereocenters. The standard InChI is InChI=1S/C13H20BrN3O/c1-9(2)5-10(7-15)6-13(18)17-12-3-4-16-8-11(12)14/h3-4,8-10H,5-7,15H2,1-2H3,(H,16,17,18)/t10-/m0/s1. The lowest BCUT2D eigenvalue weighted by Crippen LogP contribution is -2.23. The molecule has 0 radical (unpaired) electrons. The first-order valence-corrected chi connectivity index (χ1v) is 6.91. The molecular formula is C13H20BrN3O. The Hall–Kier alpha value is -0.940. The monoisotopic (exact) mass is 313 g/mol. The number of nitrogens with zero attached hydrogens (tertiary/aromatic N) is 1. The highest BCUT2D eigenvalue weighted by molar-refractivity contribution is 9.10. The second kappa shape index (κ2) is 7.48. The van der Waals surface area contributed by atoms with Crippen LogP contribution in [-0.2, 0) is 4.79 Å². The first-order chi connectivity index (χ1) is 8.52. The van der Waals surface area contributed by atoms with Gasteiger partial charge in [-0.1, -0.05) is 13.8 Å². The van der Waals surface area contributed by atoms with Crippen LogP contribution in [0.5, 0.6) is 0 Å². The van der Waals surface area contributed by atoms with Crippen molar-refractivity contribution < 1.29 is 4.79 Å². The van der Waals surface area contributed by atoms with Gasteiger partial charge in [0.15, 0.2) is 0 Å². The van der Waals surface area contributed by atoms with Crippen molar-refractivity contribution in [3.63, 3.8) is 0 Å². The number of carbonyl (C=O) groups is 1. The van der Waals surface area contributed by atoms with Crippen LogP contribution in [0.25, 0.3) is 0 Å². The van der Waals surface area contributed by atoms with E-state index in [1.165, 1.54) is 0 Å². The molecule has 3 N–H and O–H groups in total. The molecule has 0 aliphatic carbocycles. The lowest BCUT2D eigenvalue weighted by atomic mass is 9.94. The second-order valence-corrected chi connectivity index (χ2v) is 5.69. The van der Waals surface area contributed by atoms with Gasteiger partial charge in [-0.25, -0.2) is 0 Å². The van der Waals surface area contributed by atoms with E-state index < -0.39 is 0 Å². The number of pyridine rings is 1. The highest BCUT2D eigenvalue weighted by Crippen LogP contribution is 2.21. The zero-order chi connectivity index (χ0) is 13.5. The van der Waals surface area contributed by atoms with Gasteiger partial charge in [0, 0.05) is 18.8 Å². The van der Waals surface area contributed by atoms with Crippen molar-refractivity contribution in [1.82, 2.24) is 4.98 Å². The number of aromatic nitrogens is 1. The summed E-state index contributed by atoms with van der Waals surface area (Å²) in [4.78, 5) is 15.9. The summed E-state index contributed by atoms with van der Waals surface area (Å²) < 4.78 is 0.784. The van der Waals surface area contributed by atoms with Gasteiger partial charge in [-0.2, -0.15) is 0 Å². The zero-order valence-corrected chi connectivity index (χ0v) is 12.4. The lowest BCUT2D eigenvalue weighted by Gasteiger charge is -2.16. The second-order valence-electron chi connectivity index (χ2n) is 4.84. The Morgan fingerprint density at radius 3 is 2.83 bits per heavy atom. The number of nitrogens with one attached hydrogen (secondary N) is 1. The fraction of sp³-hybridized carbons (Fsp3) is 0.538. The van der Waals surface area contributed by atoms with Gasteiger partial charge < -0.3 is 11.1 Å². The Bertz CT molecular complexity index is 396. The minimum Gasteiger partial charge on any atom is -0.330 e. The number of hydrogen-bond donors (Lipinski definition) is 2. The summed E-state index contributed by atoms with van der Waals surface area (Å²) in [5.41, 5.74) is 6.44. The molecule has 0 saturated carbocycles. The average molecular weight is 314 g/mol.